The molecule has 0 bridgehead atoms. The van der Waals surface area contributed by atoms with Crippen LogP contribution in [0.3, 0.4) is 0 Å². The zero-order valence-electron chi connectivity index (χ0n) is 25.8. The molecule has 1 saturated heterocycles. The molecule has 2 aromatic heterocycles. The number of nitrogens with two attached hydrogens (primary N) is 1. The van der Waals surface area contributed by atoms with Gasteiger partial charge in [-0.25, -0.2) is 9.59 Å². The highest BCUT2D eigenvalue weighted by Gasteiger charge is 2.22. The Balaban J connectivity index is 1.09. The quantitative estimate of drug-likeness (QED) is 0.127. The number of aromatic carboxylic acids is 1. The van der Waals surface area contributed by atoms with Crippen molar-refractivity contribution in [3.8, 4) is 6.01 Å². The molecule has 0 atom stereocenters. The maximum atomic E-state index is 13.2. The number of aromatic amines is 1. The number of piperidine rings is 1. The molecule has 0 amide bonds. The van der Waals surface area contributed by atoms with Crippen molar-refractivity contribution < 1.29 is 19.4 Å². The predicted molar refractivity (Wildman–Crippen MR) is 173 cm³/mol. The van der Waals surface area contributed by atoms with Crippen molar-refractivity contribution in [2.24, 2.45) is 5.92 Å². The van der Waals surface area contributed by atoms with Gasteiger partial charge in [0.1, 0.15) is 5.52 Å². The van der Waals surface area contributed by atoms with Crippen LogP contribution >= 0.6 is 0 Å². The molecular weight excluding hydrogens is 572 g/mol. The molecule has 4 N–H and O–H groups in total. The van der Waals surface area contributed by atoms with Crippen molar-refractivity contribution >= 4 is 28.7 Å². The van der Waals surface area contributed by atoms with Gasteiger partial charge in [-0.3, -0.25) is 9.36 Å². The Morgan fingerprint density at radius 2 is 1.76 bits per heavy atom. The molecule has 1 aliphatic rings. The van der Waals surface area contributed by atoms with E-state index in [1.807, 2.05) is 18.2 Å². The summed E-state index contributed by atoms with van der Waals surface area (Å²) < 4.78 is 7.25. The molecule has 0 unspecified atom stereocenters. The van der Waals surface area contributed by atoms with E-state index in [9.17, 15) is 14.4 Å². The Hall–Kier alpha value is -4.51. The summed E-state index contributed by atoms with van der Waals surface area (Å²) in [5, 5.41) is 9.12. The van der Waals surface area contributed by atoms with E-state index in [4.69, 9.17) is 15.6 Å². The van der Waals surface area contributed by atoms with Crippen molar-refractivity contribution in [2.75, 3.05) is 32.0 Å². The Labute approximate surface area is 262 Å². The lowest BCUT2D eigenvalue weighted by Gasteiger charge is -2.32. The average molecular weight is 615 g/mol. The number of aryl methyl sites for hydroxylation is 1. The molecule has 0 aliphatic carbocycles. The number of nitrogens with zero attached hydrogens (tertiary/aromatic N) is 4. The lowest BCUT2D eigenvalue weighted by molar-refractivity contribution is 0.0696. The summed E-state index contributed by atoms with van der Waals surface area (Å²) in [7, 11) is 0. The third kappa shape index (κ3) is 8.16. The summed E-state index contributed by atoms with van der Waals surface area (Å²) in [6.45, 7) is 6.09. The highest BCUT2D eigenvalue weighted by Crippen LogP contribution is 2.25. The first-order valence-corrected chi connectivity index (χ1v) is 15.9. The van der Waals surface area contributed by atoms with Gasteiger partial charge >= 0.3 is 17.7 Å². The van der Waals surface area contributed by atoms with E-state index in [1.54, 1.807) is 16.7 Å². The van der Waals surface area contributed by atoms with Gasteiger partial charge in [0, 0.05) is 18.5 Å². The highest BCUT2D eigenvalue weighted by atomic mass is 16.5. The number of nitrogens with one attached hydrogen (secondary N) is 1. The monoisotopic (exact) mass is 614 g/mol. The summed E-state index contributed by atoms with van der Waals surface area (Å²) in [6.07, 6.45) is 6.91. The maximum Gasteiger partial charge on any atom is 0.335 e. The zero-order valence-corrected chi connectivity index (χ0v) is 25.8. The lowest BCUT2D eigenvalue weighted by Crippen LogP contribution is -2.35. The van der Waals surface area contributed by atoms with Crippen LogP contribution in [0.5, 0.6) is 6.01 Å². The number of carbonyl (C=O) groups excluding carboxylic acids is 1. The largest absolute Gasteiger partial charge is 0.478 e. The molecule has 2 aromatic carbocycles. The number of imidazole rings is 1. The molecule has 4 aromatic rings. The van der Waals surface area contributed by atoms with Gasteiger partial charge in [0.05, 0.1) is 12.2 Å². The van der Waals surface area contributed by atoms with E-state index in [0.29, 0.717) is 30.2 Å². The number of hydrogen-bond donors (Lipinski definition) is 3. The molecule has 1 fully saturated rings. The summed E-state index contributed by atoms with van der Waals surface area (Å²) in [6, 6.07) is 14.5. The first kappa shape index (κ1) is 31.9. The van der Waals surface area contributed by atoms with Crippen molar-refractivity contribution in [1.82, 2.24) is 24.4 Å². The number of aromatic nitrogens is 4. The molecule has 238 valence electrons. The fourth-order valence-electron chi connectivity index (χ4n) is 5.96. The molecule has 11 heteroatoms. The van der Waals surface area contributed by atoms with Crippen LogP contribution in [0.2, 0.25) is 0 Å². The topological polar surface area (TPSA) is 156 Å². The molecule has 45 heavy (non-hydrogen) atoms. The number of H-pyrrole nitrogens is 1. The van der Waals surface area contributed by atoms with Crippen LogP contribution in [-0.4, -0.2) is 67.5 Å². The Kier molecular flexibility index (Phi) is 10.6. The highest BCUT2D eigenvalue weighted by molar-refractivity contribution is 5.99. The van der Waals surface area contributed by atoms with Crippen LogP contribution in [0, 0.1) is 5.92 Å². The van der Waals surface area contributed by atoms with Crippen molar-refractivity contribution in [3.63, 3.8) is 0 Å². The van der Waals surface area contributed by atoms with E-state index >= 15 is 0 Å². The van der Waals surface area contributed by atoms with Crippen LogP contribution in [0.25, 0.3) is 11.2 Å². The number of rotatable bonds is 15. The number of anilines is 1. The average Bonchev–Trinajstić information content (AvgIpc) is 3.36. The van der Waals surface area contributed by atoms with E-state index in [1.165, 1.54) is 12.1 Å². The van der Waals surface area contributed by atoms with Gasteiger partial charge < -0.3 is 25.5 Å². The van der Waals surface area contributed by atoms with Gasteiger partial charge in [0.15, 0.2) is 17.2 Å². The summed E-state index contributed by atoms with van der Waals surface area (Å²) in [5.74, 6) is -0.205. The molecular formula is C34H42N6O5. The summed E-state index contributed by atoms with van der Waals surface area (Å²) in [4.78, 5) is 50.8. The number of ether oxygens (including phenoxy) is 1. The fraction of sp³-hybridized carbons (Fsp3) is 0.441. The molecule has 3 heterocycles. The number of carboxylic acid groups (broad SMARTS) is 1. The molecule has 1 aliphatic heterocycles. The smallest absolute Gasteiger partial charge is 0.335 e. The van der Waals surface area contributed by atoms with Crippen LogP contribution in [0.15, 0.2) is 53.3 Å². The van der Waals surface area contributed by atoms with Crippen molar-refractivity contribution in [2.45, 2.75) is 64.8 Å². The number of benzene rings is 2. The first-order valence-electron chi connectivity index (χ1n) is 15.9. The second kappa shape index (κ2) is 15.0. The second-order valence-electron chi connectivity index (χ2n) is 11.8. The molecule has 0 saturated carbocycles. The normalized spacial score (nSPS) is 14.2. The van der Waals surface area contributed by atoms with Gasteiger partial charge in [0.25, 0.3) is 0 Å². The van der Waals surface area contributed by atoms with Crippen LogP contribution in [-0.2, 0) is 19.4 Å². The number of likely N-dealkylation sites (tertiary alicyclic amines) is 1. The van der Waals surface area contributed by atoms with Gasteiger partial charge in [-0.1, -0.05) is 49.7 Å². The van der Waals surface area contributed by atoms with Gasteiger partial charge in [-0.2, -0.15) is 9.97 Å². The second-order valence-corrected chi connectivity index (χ2v) is 11.8. The van der Waals surface area contributed by atoms with Gasteiger partial charge in [-0.05, 0) is 87.3 Å². The van der Waals surface area contributed by atoms with Crippen molar-refractivity contribution in [3.05, 3.63) is 81.3 Å². The lowest BCUT2D eigenvalue weighted by atomic mass is 9.87. The third-order valence-electron chi connectivity index (χ3n) is 8.56. The van der Waals surface area contributed by atoms with E-state index in [-0.39, 0.29) is 35.3 Å². The summed E-state index contributed by atoms with van der Waals surface area (Å²) >= 11 is 0. The number of ketones is 1. The molecule has 5 rings (SSSR count). The Morgan fingerprint density at radius 1 is 1.02 bits per heavy atom. The minimum Gasteiger partial charge on any atom is -0.478 e. The number of hydrogen-bond acceptors (Lipinski definition) is 8. The minimum atomic E-state index is -0.976. The zero-order chi connectivity index (χ0) is 31.8. The van der Waals surface area contributed by atoms with Crippen LogP contribution < -0.4 is 16.2 Å². The molecule has 0 radical (unpaired) electrons. The SMILES string of the molecule is CCCCOc1nc(N)c2[nH]c(=O)n(CCCCN3CCC(Cc4ccccc4C(=O)Cc4ccc(C(=O)O)cc4)CC3)c2n1. The predicted octanol–water partition coefficient (Wildman–Crippen LogP) is 4.74. The molecule has 0 spiro atoms. The Morgan fingerprint density at radius 3 is 2.49 bits per heavy atom. The first-order chi connectivity index (χ1) is 21.8. The third-order valence-corrected chi connectivity index (χ3v) is 8.56. The summed E-state index contributed by atoms with van der Waals surface area (Å²) in [5.41, 5.74) is 9.60. The minimum absolute atomic E-state index is 0.0508. The van der Waals surface area contributed by atoms with Gasteiger partial charge in [0.2, 0.25) is 0 Å². The number of nitrogen functional groups attached to an aromatic ring is 1. The van der Waals surface area contributed by atoms with E-state index in [2.05, 4.69) is 32.8 Å². The maximum absolute atomic E-state index is 13.2. The standard InChI is InChI=1S/C34H42N6O5/c1-2-3-20-45-33-37-30(35)29-31(38-33)40(34(44)36-29)17-7-6-16-39-18-14-24(15-19-39)21-26-8-4-5-9-27(26)28(41)22-23-10-12-25(13-11-23)32(42)43/h4-5,8-13,24H,2-3,6-7,14-22H2,1H3,(H,36,44)(H,42,43)(H2,35,37,38). The number of unbranched alkanes of at least 4 members (excludes halogenated alkanes) is 2. The number of fused-ring (bicyclic) bond motifs is 1. The van der Waals surface area contributed by atoms with E-state index < -0.39 is 5.97 Å². The number of Topliss-reactive ketones (excluding diaryl/α,β-unsaturated/α-hetero) is 1. The van der Waals surface area contributed by atoms with Crippen molar-refractivity contribution in [1.29, 1.82) is 0 Å². The number of carboxylic acids is 1. The Bertz CT molecular complexity index is 1670. The van der Waals surface area contributed by atoms with Crippen LogP contribution in [0.4, 0.5) is 5.82 Å². The number of carbonyl (C=O) groups is 2. The van der Waals surface area contributed by atoms with Gasteiger partial charge in [-0.15, -0.1) is 0 Å². The fourth-order valence-corrected chi connectivity index (χ4v) is 5.96. The molecule has 11 nitrogen and oxygen atoms in total. The van der Waals surface area contributed by atoms with Crippen LogP contribution in [0.1, 0.15) is 77.3 Å². The van der Waals surface area contributed by atoms with E-state index in [0.717, 1.165) is 81.3 Å².